The van der Waals surface area contributed by atoms with Crippen LogP contribution < -0.4 is 10.5 Å². The Balaban J connectivity index is 2.18. The van der Waals surface area contributed by atoms with Crippen LogP contribution in [0.5, 0.6) is 5.75 Å². The number of hydrogen-bond acceptors (Lipinski definition) is 3. The van der Waals surface area contributed by atoms with Crippen molar-refractivity contribution in [1.82, 2.24) is 9.78 Å². The Morgan fingerprint density at radius 1 is 1.35 bits per heavy atom. The molecule has 2 N–H and O–H groups in total. The predicted molar refractivity (Wildman–Crippen MR) is 85.2 cm³/mol. The van der Waals surface area contributed by atoms with Gasteiger partial charge in [-0.25, -0.2) is 0 Å². The van der Waals surface area contributed by atoms with E-state index in [4.69, 9.17) is 22.1 Å². The summed E-state index contributed by atoms with van der Waals surface area (Å²) in [6.45, 7) is 5.38. The summed E-state index contributed by atoms with van der Waals surface area (Å²) < 4.78 is 8.51. The topological polar surface area (TPSA) is 53.1 Å². The van der Waals surface area contributed by atoms with E-state index < -0.39 is 0 Å². The van der Waals surface area contributed by atoms with E-state index in [2.05, 4.69) is 40.9 Å². The minimum absolute atomic E-state index is 0.422. The molecule has 0 saturated carbocycles. The predicted octanol–water partition coefficient (Wildman–Crippen LogP) is 4.04. The number of aryl methyl sites for hydroxylation is 2. The van der Waals surface area contributed by atoms with Crippen molar-refractivity contribution in [1.29, 1.82) is 0 Å². The molecule has 0 saturated heterocycles. The van der Waals surface area contributed by atoms with E-state index in [0.29, 0.717) is 23.1 Å². The van der Waals surface area contributed by atoms with Crippen molar-refractivity contribution in [2.45, 2.75) is 33.4 Å². The molecule has 0 spiro atoms. The first-order valence-electron chi connectivity index (χ1n) is 6.48. The zero-order valence-corrected chi connectivity index (χ0v) is 13.8. The smallest absolute Gasteiger partial charge is 0.157 e. The number of nitrogens with two attached hydrogens (primary N) is 1. The van der Waals surface area contributed by atoms with E-state index in [0.717, 1.165) is 28.8 Å². The van der Waals surface area contributed by atoms with Gasteiger partial charge in [0.1, 0.15) is 6.61 Å². The van der Waals surface area contributed by atoms with Gasteiger partial charge in [0.25, 0.3) is 0 Å². The number of aromatic nitrogens is 2. The molecular formula is C14H17BrClN3O. The summed E-state index contributed by atoms with van der Waals surface area (Å²) >= 11 is 9.34. The molecule has 0 fully saturated rings. The first-order valence-corrected chi connectivity index (χ1v) is 7.65. The molecule has 108 valence electrons. The molecule has 6 heteroatoms. The SMILES string of the molecule is CCc1cc(COc2c(N)cc(Cl)cc2Br)n(CC)n1. The Labute approximate surface area is 132 Å². The Morgan fingerprint density at radius 2 is 2.10 bits per heavy atom. The van der Waals surface area contributed by atoms with Crippen LogP contribution in [0, 0.1) is 0 Å². The quantitative estimate of drug-likeness (QED) is 0.821. The molecule has 20 heavy (non-hydrogen) atoms. The standard InChI is InChI=1S/C14H17BrClN3O/c1-3-10-7-11(19(4-2)18-10)8-20-14-12(15)5-9(16)6-13(14)17/h5-7H,3-4,8,17H2,1-2H3. The summed E-state index contributed by atoms with van der Waals surface area (Å²) in [5.41, 5.74) is 8.54. The zero-order chi connectivity index (χ0) is 14.7. The Bertz CT molecular complexity index is 589. The number of ether oxygens (including phenoxy) is 1. The van der Waals surface area contributed by atoms with E-state index in [1.807, 2.05) is 4.68 Å². The summed E-state index contributed by atoms with van der Waals surface area (Å²) in [5, 5.41) is 5.07. The van der Waals surface area contributed by atoms with Crippen LogP contribution in [-0.4, -0.2) is 9.78 Å². The van der Waals surface area contributed by atoms with Crippen LogP contribution in [0.25, 0.3) is 0 Å². The lowest BCUT2D eigenvalue weighted by atomic mass is 10.3. The summed E-state index contributed by atoms with van der Waals surface area (Å²) in [4.78, 5) is 0. The van der Waals surface area contributed by atoms with Crippen LogP contribution in [0.4, 0.5) is 5.69 Å². The van der Waals surface area contributed by atoms with Crippen LogP contribution in [0.2, 0.25) is 5.02 Å². The Hall–Kier alpha value is -1.20. The first-order chi connectivity index (χ1) is 9.55. The number of hydrogen-bond donors (Lipinski definition) is 1. The maximum Gasteiger partial charge on any atom is 0.157 e. The first kappa shape index (κ1) is 15.2. The minimum atomic E-state index is 0.422. The van der Waals surface area contributed by atoms with E-state index in [-0.39, 0.29) is 0 Å². The highest BCUT2D eigenvalue weighted by atomic mass is 79.9. The second-order valence-electron chi connectivity index (χ2n) is 4.39. The van der Waals surface area contributed by atoms with E-state index in [1.165, 1.54) is 0 Å². The van der Waals surface area contributed by atoms with Gasteiger partial charge >= 0.3 is 0 Å². The van der Waals surface area contributed by atoms with Crippen LogP contribution >= 0.6 is 27.5 Å². The molecule has 1 aromatic heterocycles. The number of anilines is 1. The van der Waals surface area contributed by atoms with Gasteiger partial charge in [-0.2, -0.15) is 5.10 Å². The number of rotatable bonds is 5. The fourth-order valence-corrected chi connectivity index (χ4v) is 2.90. The second-order valence-corrected chi connectivity index (χ2v) is 5.68. The number of halogens is 2. The van der Waals surface area contributed by atoms with Crippen molar-refractivity contribution >= 4 is 33.2 Å². The molecule has 4 nitrogen and oxygen atoms in total. The highest BCUT2D eigenvalue weighted by molar-refractivity contribution is 9.10. The zero-order valence-electron chi connectivity index (χ0n) is 11.5. The highest BCUT2D eigenvalue weighted by Gasteiger charge is 2.11. The molecule has 1 aromatic carbocycles. The molecule has 0 aliphatic heterocycles. The van der Waals surface area contributed by atoms with Gasteiger partial charge in [-0.05, 0) is 47.5 Å². The number of benzene rings is 1. The van der Waals surface area contributed by atoms with Gasteiger partial charge in [-0.15, -0.1) is 0 Å². The lowest BCUT2D eigenvalue weighted by molar-refractivity contribution is 0.292. The second kappa shape index (κ2) is 6.50. The monoisotopic (exact) mass is 357 g/mol. The minimum Gasteiger partial charge on any atom is -0.484 e. The molecule has 2 rings (SSSR count). The molecule has 0 radical (unpaired) electrons. The summed E-state index contributed by atoms with van der Waals surface area (Å²) in [5.74, 6) is 0.608. The number of nitrogens with zero attached hydrogens (tertiary/aromatic N) is 2. The van der Waals surface area contributed by atoms with Crippen molar-refractivity contribution in [2.24, 2.45) is 0 Å². The van der Waals surface area contributed by atoms with Gasteiger partial charge < -0.3 is 10.5 Å². The van der Waals surface area contributed by atoms with E-state index >= 15 is 0 Å². The maximum absolute atomic E-state index is 5.93. The van der Waals surface area contributed by atoms with Crippen molar-refractivity contribution in [3.8, 4) is 5.75 Å². The Morgan fingerprint density at radius 3 is 2.70 bits per heavy atom. The van der Waals surface area contributed by atoms with Crippen LogP contribution in [-0.2, 0) is 19.6 Å². The third-order valence-corrected chi connectivity index (χ3v) is 3.78. The van der Waals surface area contributed by atoms with Crippen molar-refractivity contribution in [2.75, 3.05) is 5.73 Å². The largest absolute Gasteiger partial charge is 0.484 e. The van der Waals surface area contributed by atoms with Gasteiger partial charge in [-0.3, -0.25) is 4.68 Å². The van der Waals surface area contributed by atoms with Gasteiger partial charge in [0.05, 0.1) is 21.5 Å². The molecule has 2 aromatic rings. The van der Waals surface area contributed by atoms with Gasteiger partial charge in [-0.1, -0.05) is 18.5 Å². The van der Waals surface area contributed by atoms with E-state index in [1.54, 1.807) is 12.1 Å². The molecule has 0 aliphatic carbocycles. The van der Waals surface area contributed by atoms with Gasteiger partial charge in [0, 0.05) is 11.6 Å². The lowest BCUT2D eigenvalue weighted by Gasteiger charge is -2.12. The Kier molecular flexibility index (Phi) is 4.94. The lowest BCUT2D eigenvalue weighted by Crippen LogP contribution is -2.07. The average Bonchev–Trinajstić information content (AvgIpc) is 2.80. The third kappa shape index (κ3) is 3.27. The van der Waals surface area contributed by atoms with Crippen LogP contribution in [0.15, 0.2) is 22.7 Å². The van der Waals surface area contributed by atoms with Gasteiger partial charge in [0.15, 0.2) is 5.75 Å². The van der Waals surface area contributed by atoms with Crippen LogP contribution in [0.3, 0.4) is 0 Å². The van der Waals surface area contributed by atoms with E-state index in [9.17, 15) is 0 Å². The third-order valence-electron chi connectivity index (χ3n) is 2.98. The molecule has 0 unspecified atom stereocenters. The normalized spacial score (nSPS) is 10.8. The molecule has 0 bridgehead atoms. The average molecular weight is 359 g/mol. The van der Waals surface area contributed by atoms with Crippen LogP contribution in [0.1, 0.15) is 25.2 Å². The molecule has 0 atom stereocenters. The highest BCUT2D eigenvalue weighted by Crippen LogP contribution is 2.35. The van der Waals surface area contributed by atoms with Crippen molar-refractivity contribution < 1.29 is 4.74 Å². The summed E-state index contributed by atoms with van der Waals surface area (Å²) in [7, 11) is 0. The van der Waals surface area contributed by atoms with Crippen molar-refractivity contribution in [3.05, 3.63) is 39.1 Å². The number of nitrogen functional groups attached to an aromatic ring is 1. The summed E-state index contributed by atoms with van der Waals surface area (Å²) in [6, 6.07) is 5.50. The van der Waals surface area contributed by atoms with Crippen molar-refractivity contribution in [3.63, 3.8) is 0 Å². The fraction of sp³-hybridized carbons (Fsp3) is 0.357. The molecule has 1 heterocycles. The fourth-order valence-electron chi connectivity index (χ4n) is 1.96. The van der Waals surface area contributed by atoms with Gasteiger partial charge in [0.2, 0.25) is 0 Å². The molecule has 0 amide bonds. The summed E-state index contributed by atoms with van der Waals surface area (Å²) in [6.07, 6.45) is 0.910. The molecular weight excluding hydrogens is 342 g/mol. The maximum atomic E-state index is 5.93. The molecule has 0 aliphatic rings.